The van der Waals surface area contributed by atoms with Crippen molar-refractivity contribution in [3.63, 3.8) is 0 Å². The van der Waals surface area contributed by atoms with Crippen molar-refractivity contribution in [2.24, 2.45) is 0 Å². The molecule has 0 aliphatic rings. The SMILES string of the molecule is CCCCCCCC.Cc1ccc(-c2ccc(F)cn2)cc1. The van der Waals surface area contributed by atoms with Gasteiger partial charge in [-0.05, 0) is 19.1 Å². The van der Waals surface area contributed by atoms with Crippen molar-refractivity contribution in [1.82, 2.24) is 4.98 Å². The molecule has 0 saturated carbocycles. The molecular weight excluding hydrogens is 273 g/mol. The Morgan fingerprint density at radius 2 is 1.41 bits per heavy atom. The van der Waals surface area contributed by atoms with Crippen LogP contribution in [0.3, 0.4) is 0 Å². The van der Waals surface area contributed by atoms with Crippen LogP contribution in [-0.2, 0) is 0 Å². The third kappa shape index (κ3) is 7.35. The van der Waals surface area contributed by atoms with Gasteiger partial charge in [-0.3, -0.25) is 4.98 Å². The van der Waals surface area contributed by atoms with Crippen LogP contribution in [0, 0.1) is 12.7 Å². The van der Waals surface area contributed by atoms with Crippen LogP contribution in [0.4, 0.5) is 4.39 Å². The van der Waals surface area contributed by atoms with Gasteiger partial charge in [0.1, 0.15) is 5.82 Å². The highest BCUT2D eigenvalue weighted by Crippen LogP contribution is 2.16. The van der Waals surface area contributed by atoms with E-state index in [0.717, 1.165) is 11.3 Å². The predicted molar refractivity (Wildman–Crippen MR) is 93.4 cm³/mol. The van der Waals surface area contributed by atoms with E-state index >= 15 is 0 Å². The number of nitrogens with zero attached hydrogens (tertiary/aromatic N) is 1. The summed E-state index contributed by atoms with van der Waals surface area (Å²) in [5.41, 5.74) is 3.01. The van der Waals surface area contributed by atoms with E-state index in [0.29, 0.717) is 0 Å². The molecule has 1 aromatic heterocycles. The summed E-state index contributed by atoms with van der Waals surface area (Å²) >= 11 is 0. The molecule has 0 aliphatic carbocycles. The summed E-state index contributed by atoms with van der Waals surface area (Å²) in [4.78, 5) is 4.00. The van der Waals surface area contributed by atoms with E-state index in [9.17, 15) is 4.39 Å². The molecule has 1 heterocycles. The molecule has 2 aromatic rings. The molecule has 0 radical (unpaired) electrons. The monoisotopic (exact) mass is 301 g/mol. The standard InChI is InChI=1S/C12H10FN.C8H18/c1-9-2-4-10(5-3-9)12-7-6-11(13)8-14-12;1-3-5-7-8-6-4-2/h2-8H,1H3;3-8H2,1-2H3. The van der Waals surface area contributed by atoms with Crippen LogP contribution in [0.25, 0.3) is 11.3 Å². The Morgan fingerprint density at radius 3 is 1.86 bits per heavy atom. The summed E-state index contributed by atoms with van der Waals surface area (Å²) in [6.45, 7) is 6.54. The van der Waals surface area contributed by atoms with E-state index in [4.69, 9.17) is 0 Å². The lowest BCUT2D eigenvalue weighted by Gasteiger charge is -2.00. The highest BCUT2D eigenvalue weighted by atomic mass is 19.1. The quantitative estimate of drug-likeness (QED) is 0.550. The number of aryl methyl sites for hydroxylation is 1. The third-order valence-electron chi connectivity index (χ3n) is 3.53. The molecule has 2 rings (SSSR count). The van der Waals surface area contributed by atoms with Crippen LogP contribution in [0.2, 0.25) is 0 Å². The predicted octanol–water partition coefficient (Wildman–Crippen LogP) is 6.56. The zero-order valence-electron chi connectivity index (χ0n) is 14.1. The number of hydrogen-bond donors (Lipinski definition) is 0. The van der Waals surface area contributed by atoms with Crippen molar-refractivity contribution in [2.75, 3.05) is 0 Å². The molecule has 1 aromatic carbocycles. The zero-order chi connectivity index (χ0) is 16.2. The molecule has 0 saturated heterocycles. The number of hydrogen-bond acceptors (Lipinski definition) is 1. The summed E-state index contributed by atoms with van der Waals surface area (Å²) in [7, 11) is 0. The van der Waals surface area contributed by atoms with Gasteiger partial charge in [-0.1, -0.05) is 82.2 Å². The van der Waals surface area contributed by atoms with Gasteiger partial charge in [0.05, 0.1) is 11.9 Å². The first-order valence-electron chi connectivity index (χ1n) is 8.36. The fourth-order valence-electron chi connectivity index (χ4n) is 2.12. The lowest BCUT2D eigenvalue weighted by atomic mass is 10.1. The van der Waals surface area contributed by atoms with Crippen LogP contribution in [0.5, 0.6) is 0 Å². The van der Waals surface area contributed by atoms with Crippen molar-refractivity contribution >= 4 is 0 Å². The number of aromatic nitrogens is 1. The number of unbranched alkanes of at least 4 members (excludes halogenated alkanes) is 5. The van der Waals surface area contributed by atoms with Crippen molar-refractivity contribution in [2.45, 2.75) is 59.3 Å². The Balaban J connectivity index is 0.000000261. The normalized spacial score (nSPS) is 10.0. The molecular formula is C20H28FN. The Hall–Kier alpha value is -1.70. The molecule has 0 amide bonds. The van der Waals surface area contributed by atoms with E-state index in [1.165, 1.54) is 56.4 Å². The van der Waals surface area contributed by atoms with Gasteiger partial charge in [-0.25, -0.2) is 4.39 Å². The summed E-state index contributed by atoms with van der Waals surface area (Å²) in [5.74, 6) is -0.305. The molecule has 0 bridgehead atoms. The van der Waals surface area contributed by atoms with Crippen LogP contribution in [0.15, 0.2) is 42.6 Å². The Morgan fingerprint density at radius 1 is 0.818 bits per heavy atom. The maximum Gasteiger partial charge on any atom is 0.141 e. The highest BCUT2D eigenvalue weighted by Gasteiger charge is 1.98. The first kappa shape index (κ1) is 18.3. The van der Waals surface area contributed by atoms with Gasteiger partial charge < -0.3 is 0 Å². The fraction of sp³-hybridized carbons (Fsp3) is 0.450. The average Bonchev–Trinajstić information content (AvgIpc) is 2.54. The molecule has 1 nitrogen and oxygen atoms in total. The topological polar surface area (TPSA) is 12.9 Å². The summed E-state index contributed by atoms with van der Waals surface area (Å²) in [6, 6.07) is 11.1. The molecule has 0 unspecified atom stereocenters. The Labute approximate surface area is 134 Å². The van der Waals surface area contributed by atoms with Gasteiger partial charge in [0, 0.05) is 5.56 Å². The number of halogens is 1. The van der Waals surface area contributed by atoms with Crippen molar-refractivity contribution in [1.29, 1.82) is 0 Å². The van der Waals surface area contributed by atoms with E-state index in [2.05, 4.69) is 18.8 Å². The Kier molecular flexibility index (Phi) is 9.13. The van der Waals surface area contributed by atoms with E-state index < -0.39 is 0 Å². The van der Waals surface area contributed by atoms with E-state index in [1.807, 2.05) is 31.2 Å². The van der Waals surface area contributed by atoms with Gasteiger partial charge in [-0.15, -0.1) is 0 Å². The van der Waals surface area contributed by atoms with Crippen molar-refractivity contribution in [3.05, 3.63) is 54.0 Å². The molecule has 0 fully saturated rings. The van der Waals surface area contributed by atoms with Gasteiger partial charge in [-0.2, -0.15) is 0 Å². The fourth-order valence-corrected chi connectivity index (χ4v) is 2.12. The Bertz CT molecular complexity index is 453. The highest BCUT2D eigenvalue weighted by molar-refractivity contribution is 5.58. The second-order valence-electron chi connectivity index (χ2n) is 5.64. The van der Waals surface area contributed by atoms with Crippen LogP contribution >= 0.6 is 0 Å². The lowest BCUT2D eigenvalue weighted by Crippen LogP contribution is -1.84. The molecule has 22 heavy (non-hydrogen) atoms. The molecule has 0 atom stereocenters. The number of benzene rings is 1. The van der Waals surface area contributed by atoms with Gasteiger partial charge in [0.25, 0.3) is 0 Å². The van der Waals surface area contributed by atoms with E-state index in [1.54, 1.807) is 6.07 Å². The zero-order valence-corrected chi connectivity index (χ0v) is 14.1. The second kappa shape index (κ2) is 10.9. The van der Waals surface area contributed by atoms with Crippen LogP contribution < -0.4 is 0 Å². The first-order chi connectivity index (χ1) is 10.7. The summed E-state index contributed by atoms with van der Waals surface area (Å²) in [6.07, 6.45) is 9.72. The average molecular weight is 301 g/mol. The molecule has 2 heteroatoms. The first-order valence-corrected chi connectivity index (χ1v) is 8.36. The van der Waals surface area contributed by atoms with Gasteiger partial charge in [0.2, 0.25) is 0 Å². The summed E-state index contributed by atoms with van der Waals surface area (Å²) < 4.78 is 12.6. The van der Waals surface area contributed by atoms with Gasteiger partial charge >= 0.3 is 0 Å². The minimum atomic E-state index is -0.305. The maximum absolute atomic E-state index is 12.6. The number of rotatable bonds is 6. The second-order valence-corrected chi connectivity index (χ2v) is 5.64. The molecule has 0 N–H and O–H groups in total. The van der Waals surface area contributed by atoms with Crippen LogP contribution in [0.1, 0.15) is 57.9 Å². The van der Waals surface area contributed by atoms with Crippen molar-refractivity contribution < 1.29 is 4.39 Å². The molecule has 0 spiro atoms. The molecule has 120 valence electrons. The third-order valence-corrected chi connectivity index (χ3v) is 3.53. The minimum Gasteiger partial charge on any atom is -0.253 e. The summed E-state index contributed by atoms with van der Waals surface area (Å²) in [5, 5.41) is 0. The van der Waals surface area contributed by atoms with E-state index in [-0.39, 0.29) is 5.82 Å². The van der Waals surface area contributed by atoms with Gasteiger partial charge in [0.15, 0.2) is 0 Å². The largest absolute Gasteiger partial charge is 0.253 e. The molecule has 0 aliphatic heterocycles. The van der Waals surface area contributed by atoms with Crippen molar-refractivity contribution in [3.8, 4) is 11.3 Å². The van der Waals surface area contributed by atoms with Crippen LogP contribution in [-0.4, -0.2) is 4.98 Å². The number of pyridine rings is 1. The smallest absolute Gasteiger partial charge is 0.141 e. The maximum atomic E-state index is 12.6. The lowest BCUT2D eigenvalue weighted by molar-refractivity contribution is 0.622. The minimum absolute atomic E-state index is 0.305.